The first kappa shape index (κ1) is 9.39. The molecule has 1 nitrogen and oxygen atoms in total. The minimum atomic E-state index is 0. The average Bonchev–Trinajstić information content (AvgIpc) is 0.811. The van der Waals surface area contributed by atoms with E-state index in [4.69, 9.17) is 0 Å². The summed E-state index contributed by atoms with van der Waals surface area (Å²) < 4.78 is 0. The van der Waals surface area contributed by atoms with Gasteiger partial charge in [0.15, 0.2) is 0 Å². The van der Waals surface area contributed by atoms with E-state index in [1.165, 1.54) is 0 Å². The first-order chi connectivity index (χ1) is 1.73. The van der Waals surface area contributed by atoms with Crippen LogP contribution in [0.2, 0.25) is 0 Å². The zero-order chi connectivity index (χ0) is 3.58. The molecule has 0 aliphatic carbocycles. The monoisotopic (exact) mass is 81.1 g/mol. The molecule has 0 amide bonds. The maximum atomic E-state index is 2.25. The van der Waals surface area contributed by atoms with Crippen molar-refractivity contribution in [3.8, 4) is 0 Å². The molecule has 0 fully saturated rings. The molecule has 0 saturated heterocycles. The number of nitrogens with zero attached hydrogens (tertiary/aromatic N) is 1. The van der Waals surface area contributed by atoms with E-state index in [1.54, 1.807) is 0 Å². The van der Waals surface area contributed by atoms with Crippen LogP contribution in [-0.2, 0) is 0 Å². The van der Waals surface area contributed by atoms with Crippen LogP contribution in [0.4, 0.5) is 0 Å². The number of hydrogen-bond donors (Lipinski definition) is 0. The van der Waals surface area contributed by atoms with Gasteiger partial charge >= 0.3 is 29.6 Å². The molecule has 0 spiro atoms. The van der Waals surface area contributed by atoms with Crippen LogP contribution in [0, 0.1) is 0 Å². The molecular weight excluding hydrogens is 71.8 g/mol. The molecule has 0 atom stereocenters. The second kappa shape index (κ2) is 5.02. The van der Waals surface area contributed by atoms with Crippen molar-refractivity contribution in [3.05, 3.63) is 0 Å². The van der Waals surface area contributed by atoms with Crippen molar-refractivity contribution in [1.29, 1.82) is 0 Å². The smallest absolute Gasteiger partial charge is 0.489 e. The molecule has 26 valence electrons. The van der Waals surface area contributed by atoms with Gasteiger partial charge in [-0.3, -0.25) is 0 Å². The van der Waals surface area contributed by atoms with Gasteiger partial charge in [0.25, 0.3) is 0 Å². The van der Waals surface area contributed by atoms with Crippen LogP contribution >= 0.6 is 0 Å². The maximum Gasteiger partial charge on any atom is 1.00 e. The van der Waals surface area contributed by atoms with Crippen molar-refractivity contribution in [1.82, 2.24) is 4.81 Å². The van der Waals surface area contributed by atoms with Crippen LogP contribution in [0.15, 0.2) is 0 Å². The van der Waals surface area contributed by atoms with E-state index in [0.29, 0.717) is 7.98 Å². The standard InChI is InChI=1S/C2H9BN.Na/c1-4(2)3;/h1-3H3;/q-1;+1. The molecule has 0 saturated carbocycles. The minimum absolute atomic E-state index is 0. The van der Waals surface area contributed by atoms with Crippen LogP contribution in [0.25, 0.3) is 0 Å². The summed E-state index contributed by atoms with van der Waals surface area (Å²) in [5.74, 6) is 0. The third-order valence-electron chi connectivity index (χ3n) is 0. The Balaban J connectivity index is 0. The van der Waals surface area contributed by atoms with Gasteiger partial charge in [0, 0.05) is 7.98 Å². The predicted octanol–water partition coefficient (Wildman–Crippen LogP) is -4.17. The van der Waals surface area contributed by atoms with Crippen LogP contribution in [0.3, 0.4) is 0 Å². The van der Waals surface area contributed by atoms with E-state index in [0.717, 1.165) is 0 Å². The molecule has 0 N–H and O–H groups in total. The molecule has 0 aromatic heterocycles. The summed E-state index contributed by atoms with van der Waals surface area (Å²) in [6.45, 7) is 0. The first-order valence-corrected chi connectivity index (χ1v) is 0.894. The third kappa shape index (κ3) is 43.8. The van der Waals surface area contributed by atoms with E-state index >= 15 is 0 Å². The van der Waals surface area contributed by atoms with Gasteiger partial charge in [0.1, 0.15) is 0 Å². The molecule has 5 heavy (non-hydrogen) atoms. The Morgan fingerprint density at radius 1 is 1.40 bits per heavy atom. The van der Waals surface area contributed by atoms with Crippen LogP contribution in [-0.4, -0.2) is 26.9 Å². The fourth-order valence-corrected chi connectivity index (χ4v) is 0. The van der Waals surface area contributed by atoms with Crippen molar-refractivity contribution < 1.29 is 29.6 Å². The fraction of sp³-hybridized carbons (Fsp3) is 1.00. The summed E-state index contributed by atoms with van der Waals surface area (Å²) >= 11 is 0. The van der Waals surface area contributed by atoms with Crippen molar-refractivity contribution in [3.63, 3.8) is 0 Å². The zero-order valence-corrected chi connectivity index (χ0v) is 5.45. The Labute approximate surface area is 56.5 Å². The Bertz CT molecular complexity index is 14.4. The molecule has 3 heteroatoms. The molecule has 0 aliphatic rings. The molecular formula is C2H9BNNa. The first-order valence-electron chi connectivity index (χ1n) is 0.894. The Morgan fingerprint density at radius 3 is 1.40 bits per heavy atom. The molecule has 0 aliphatic heterocycles. The van der Waals surface area contributed by atoms with Gasteiger partial charge < -0.3 is 4.81 Å². The van der Waals surface area contributed by atoms with E-state index in [-0.39, 0.29) is 29.6 Å². The predicted molar refractivity (Wildman–Crippen MR) is 23.6 cm³/mol. The maximum absolute atomic E-state index is 2.25. The van der Waals surface area contributed by atoms with Gasteiger partial charge in [-0.25, -0.2) is 0 Å². The summed E-state index contributed by atoms with van der Waals surface area (Å²) in [4.78, 5) is 2.25. The summed E-state index contributed by atoms with van der Waals surface area (Å²) in [5.41, 5.74) is 0. The molecule has 0 aromatic rings. The molecule has 0 aromatic carbocycles. The Morgan fingerprint density at radius 2 is 1.40 bits per heavy atom. The summed E-state index contributed by atoms with van der Waals surface area (Å²) in [7, 11) is 4.75. The molecule has 0 unspecified atom stereocenters. The van der Waals surface area contributed by atoms with Crippen molar-refractivity contribution >= 4 is 7.98 Å². The molecule has 0 radical (unpaired) electrons. The van der Waals surface area contributed by atoms with Gasteiger partial charge in [-0.05, 0) is 0 Å². The van der Waals surface area contributed by atoms with E-state index in [2.05, 4.69) is 18.9 Å². The third-order valence-corrected chi connectivity index (χ3v) is 0. The molecule has 0 bridgehead atoms. The molecule has 0 rings (SSSR count). The minimum Gasteiger partial charge on any atom is -0.489 e. The van der Waals surface area contributed by atoms with Gasteiger partial charge in [-0.15, -0.1) is 0 Å². The van der Waals surface area contributed by atoms with Crippen molar-refractivity contribution in [2.45, 2.75) is 0 Å². The Hall–Kier alpha value is 1.02. The van der Waals surface area contributed by atoms with E-state index < -0.39 is 0 Å². The summed E-state index contributed by atoms with van der Waals surface area (Å²) in [6.07, 6.45) is 0. The van der Waals surface area contributed by atoms with Gasteiger partial charge in [0.05, 0.1) is 0 Å². The van der Waals surface area contributed by atoms with Crippen molar-refractivity contribution in [2.24, 2.45) is 0 Å². The zero-order valence-electron chi connectivity index (χ0n) is 3.45. The fourth-order valence-electron chi connectivity index (χ4n) is 0. The van der Waals surface area contributed by atoms with Crippen LogP contribution < -0.4 is 29.6 Å². The summed E-state index contributed by atoms with van der Waals surface area (Å²) in [5, 5.41) is 0. The average molecular weight is 80.9 g/mol. The second-order valence-electron chi connectivity index (χ2n) is 0.447. The van der Waals surface area contributed by atoms with Gasteiger partial charge in [-0.1, -0.05) is 14.1 Å². The SMILES string of the molecule is [BH3-]N(C)C.[Na+]. The van der Waals surface area contributed by atoms with Crippen LogP contribution in [0.5, 0.6) is 0 Å². The normalized spacial score (nSPS) is 7.20. The van der Waals surface area contributed by atoms with Crippen LogP contribution in [0.1, 0.15) is 0 Å². The summed E-state index contributed by atoms with van der Waals surface area (Å²) in [6, 6.07) is 0. The van der Waals surface area contributed by atoms with Gasteiger partial charge in [0.2, 0.25) is 0 Å². The topological polar surface area (TPSA) is 3.24 Å². The van der Waals surface area contributed by atoms with Crippen molar-refractivity contribution in [2.75, 3.05) is 14.1 Å². The van der Waals surface area contributed by atoms with Gasteiger partial charge in [-0.2, -0.15) is 0 Å². The second-order valence-corrected chi connectivity index (χ2v) is 0.447. The number of rotatable bonds is 0. The van der Waals surface area contributed by atoms with E-state index in [9.17, 15) is 0 Å². The molecule has 0 heterocycles. The van der Waals surface area contributed by atoms with E-state index in [1.807, 2.05) is 0 Å². The quantitative estimate of drug-likeness (QED) is 0.267. The largest absolute Gasteiger partial charge is 1.00 e. The Kier molecular flexibility index (Phi) is 9.44. The number of hydrogen-bond acceptors (Lipinski definition) is 1.